The number of esters is 2. The van der Waals surface area contributed by atoms with E-state index in [0.717, 1.165) is 135 Å². The van der Waals surface area contributed by atoms with E-state index < -0.39 is 6.10 Å². The lowest BCUT2D eigenvalue weighted by Crippen LogP contribution is -2.28. The van der Waals surface area contributed by atoms with E-state index >= 15 is 0 Å². The van der Waals surface area contributed by atoms with Gasteiger partial charge in [-0.2, -0.15) is 0 Å². The van der Waals surface area contributed by atoms with E-state index in [0.29, 0.717) is 19.3 Å². The van der Waals surface area contributed by atoms with Crippen LogP contribution in [0.15, 0.2) is 170 Å². The lowest BCUT2D eigenvalue weighted by molar-refractivity contribution is -0.161. The summed E-state index contributed by atoms with van der Waals surface area (Å²) in [7, 11) is 0. The van der Waals surface area contributed by atoms with Gasteiger partial charge in [0.1, 0.15) is 6.61 Å². The third-order valence-electron chi connectivity index (χ3n) is 9.51. The Kier molecular flexibility index (Phi) is 48.7. The molecule has 0 spiro atoms. The van der Waals surface area contributed by atoms with Crippen molar-refractivity contribution >= 4 is 11.9 Å². The summed E-state index contributed by atoms with van der Waals surface area (Å²) in [5.41, 5.74) is 0. The van der Waals surface area contributed by atoms with E-state index in [2.05, 4.69) is 184 Å². The van der Waals surface area contributed by atoms with Gasteiger partial charge in [0.15, 0.2) is 6.10 Å². The van der Waals surface area contributed by atoms with Crippen LogP contribution in [0.3, 0.4) is 0 Å². The second-order valence-corrected chi connectivity index (χ2v) is 15.4. The number of hydrogen-bond acceptors (Lipinski definition) is 5. The van der Waals surface area contributed by atoms with E-state index in [9.17, 15) is 14.7 Å². The first-order valence-electron chi connectivity index (χ1n) is 24.7. The average Bonchev–Trinajstić information content (AvgIpc) is 3.30. The molecule has 0 saturated heterocycles. The first-order valence-corrected chi connectivity index (χ1v) is 24.7. The molecule has 0 fully saturated rings. The fraction of sp³-hybridized carbons (Fsp3) is 0.492. The molecule has 0 rings (SSSR count). The van der Waals surface area contributed by atoms with Crippen molar-refractivity contribution in [3.05, 3.63) is 170 Å². The molecule has 0 aromatic carbocycles. The average molecular weight is 877 g/mol. The molecule has 0 amide bonds. The van der Waals surface area contributed by atoms with Gasteiger partial charge >= 0.3 is 11.9 Å². The number of aliphatic hydroxyl groups excluding tert-OH is 1. The van der Waals surface area contributed by atoms with Crippen LogP contribution in [-0.4, -0.2) is 36.4 Å². The Morgan fingerprint density at radius 1 is 0.359 bits per heavy atom. The Hall–Kier alpha value is -4.74. The summed E-state index contributed by atoms with van der Waals surface area (Å²) in [6, 6.07) is 0. The van der Waals surface area contributed by atoms with Crippen LogP contribution in [0, 0.1) is 0 Å². The van der Waals surface area contributed by atoms with Crippen LogP contribution < -0.4 is 0 Å². The highest BCUT2D eigenvalue weighted by Crippen LogP contribution is 2.10. The molecule has 0 aromatic rings. The fourth-order valence-electron chi connectivity index (χ4n) is 5.87. The van der Waals surface area contributed by atoms with Crippen molar-refractivity contribution in [2.75, 3.05) is 13.2 Å². The first-order chi connectivity index (χ1) is 31.6. The standard InChI is InChI=1S/C59H88O5/c1-3-5-7-9-11-13-15-17-19-21-22-23-24-25-26-27-28-29-30-31-32-33-34-35-36-38-40-42-44-46-48-50-52-54-59(62)64-57(55-60)56-63-58(61)53-51-49-47-45-43-41-39-37-20-18-16-14-12-10-8-6-4-2/h5-8,11-14,17-20,22-23,25-26,28-29,31-32,34-35,38-41,45,47,57,60H,3-4,9-10,15-16,21,24,27,30,33,36-37,42-44,46,48-56H2,1-2H3/b7-5-,8-6-,13-11-,14-12-,19-17-,20-18-,23-22-,26-25-,29-28-,32-31-,35-34-,40-38-,41-39-,47-45-. The number of rotatable bonds is 42. The maximum absolute atomic E-state index is 12.3. The smallest absolute Gasteiger partial charge is 0.306 e. The molecular formula is C59H88O5. The van der Waals surface area contributed by atoms with Crippen LogP contribution in [-0.2, 0) is 19.1 Å². The second-order valence-electron chi connectivity index (χ2n) is 15.4. The minimum absolute atomic E-state index is 0.116. The molecule has 0 aliphatic rings. The molecule has 0 aliphatic heterocycles. The normalized spacial score (nSPS) is 13.7. The summed E-state index contributed by atoms with van der Waals surface area (Å²) >= 11 is 0. The summed E-state index contributed by atoms with van der Waals surface area (Å²) in [4.78, 5) is 24.4. The van der Waals surface area contributed by atoms with Crippen LogP contribution in [0.1, 0.15) is 168 Å². The third kappa shape index (κ3) is 49.9. The van der Waals surface area contributed by atoms with Crippen LogP contribution in [0.2, 0.25) is 0 Å². The van der Waals surface area contributed by atoms with Crippen molar-refractivity contribution in [3.8, 4) is 0 Å². The zero-order valence-electron chi connectivity index (χ0n) is 40.2. The summed E-state index contributed by atoms with van der Waals surface area (Å²) in [5, 5.41) is 9.60. The maximum Gasteiger partial charge on any atom is 0.306 e. The zero-order valence-corrected chi connectivity index (χ0v) is 40.2. The van der Waals surface area contributed by atoms with Crippen LogP contribution in [0.5, 0.6) is 0 Å². The van der Waals surface area contributed by atoms with Crippen molar-refractivity contribution in [3.63, 3.8) is 0 Å². The van der Waals surface area contributed by atoms with Crippen molar-refractivity contribution in [1.29, 1.82) is 0 Å². The minimum atomic E-state index is -0.820. The molecule has 1 atom stereocenters. The van der Waals surface area contributed by atoms with Gasteiger partial charge in [0.2, 0.25) is 0 Å². The van der Waals surface area contributed by atoms with Gasteiger partial charge in [0.25, 0.3) is 0 Å². The molecule has 0 aromatic heterocycles. The topological polar surface area (TPSA) is 72.8 Å². The predicted octanol–water partition coefficient (Wildman–Crippen LogP) is 16.6. The molecule has 0 heterocycles. The number of allylic oxidation sites excluding steroid dienone is 28. The quantitative estimate of drug-likeness (QED) is 0.0376. The summed E-state index contributed by atoms with van der Waals surface area (Å²) in [6.45, 7) is 3.82. The van der Waals surface area contributed by atoms with Crippen LogP contribution in [0.4, 0.5) is 0 Å². The highest BCUT2D eigenvalue weighted by molar-refractivity contribution is 5.70. The fourth-order valence-corrected chi connectivity index (χ4v) is 5.87. The lowest BCUT2D eigenvalue weighted by atomic mass is 10.1. The van der Waals surface area contributed by atoms with Gasteiger partial charge in [-0.1, -0.05) is 203 Å². The maximum atomic E-state index is 12.3. The van der Waals surface area contributed by atoms with Crippen molar-refractivity contribution in [1.82, 2.24) is 0 Å². The Labute approximate surface area is 392 Å². The Balaban J connectivity index is 3.73. The number of unbranched alkanes of at least 4 members (excludes halogenated alkanes) is 6. The number of carbonyl (C=O) groups excluding carboxylic acids is 2. The van der Waals surface area contributed by atoms with Crippen molar-refractivity contribution < 1.29 is 24.2 Å². The second kappa shape index (κ2) is 52.6. The molecule has 354 valence electrons. The van der Waals surface area contributed by atoms with Crippen molar-refractivity contribution in [2.45, 2.75) is 174 Å². The molecular weight excluding hydrogens is 789 g/mol. The van der Waals surface area contributed by atoms with Gasteiger partial charge in [-0.15, -0.1) is 0 Å². The number of ether oxygens (including phenoxy) is 2. The van der Waals surface area contributed by atoms with E-state index in [-0.39, 0.29) is 25.2 Å². The molecule has 0 aliphatic carbocycles. The predicted molar refractivity (Wildman–Crippen MR) is 278 cm³/mol. The number of hydrogen-bond donors (Lipinski definition) is 1. The molecule has 0 bridgehead atoms. The van der Waals surface area contributed by atoms with Gasteiger partial charge in [0, 0.05) is 12.8 Å². The van der Waals surface area contributed by atoms with E-state index in [1.165, 1.54) is 0 Å². The van der Waals surface area contributed by atoms with E-state index in [1.54, 1.807) is 0 Å². The minimum Gasteiger partial charge on any atom is -0.462 e. The highest BCUT2D eigenvalue weighted by atomic mass is 16.6. The molecule has 1 unspecified atom stereocenters. The van der Waals surface area contributed by atoms with E-state index in [1.807, 2.05) is 0 Å². The summed E-state index contributed by atoms with van der Waals surface area (Å²) < 4.78 is 10.6. The van der Waals surface area contributed by atoms with E-state index in [4.69, 9.17) is 9.47 Å². The van der Waals surface area contributed by atoms with Gasteiger partial charge in [0.05, 0.1) is 6.61 Å². The number of aliphatic hydroxyl groups is 1. The lowest BCUT2D eigenvalue weighted by Gasteiger charge is -2.15. The number of carbonyl (C=O) groups is 2. The monoisotopic (exact) mass is 877 g/mol. The van der Waals surface area contributed by atoms with Gasteiger partial charge in [-0.3, -0.25) is 9.59 Å². The van der Waals surface area contributed by atoms with Crippen LogP contribution in [0.25, 0.3) is 0 Å². The van der Waals surface area contributed by atoms with Crippen LogP contribution >= 0.6 is 0 Å². The highest BCUT2D eigenvalue weighted by Gasteiger charge is 2.16. The summed E-state index contributed by atoms with van der Waals surface area (Å²) in [5.74, 6) is -0.700. The largest absolute Gasteiger partial charge is 0.462 e. The molecule has 5 heteroatoms. The Morgan fingerprint density at radius 3 is 0.984 bits per heavy atom. The molecule has 0 radical (unpaired) electrons. The molecule has 0 saturated carbocycles. The van der Waals surface area contributed by atoms with Crippen molar-refractivity contribution in [2.24, 2.45) is 0 Å². The Bertz CT molecular complexity index is 1500. The SMILES string of the molecule is CC/C=C\C/C=C\C/C=C\C/C=C\C/C=C\C/C=C\C/C=C\C/C=C\C/C=C\CCCCCCCC(=O)OC(CO)COC(=O)CCC/C=C\C/C=C\C/C=C\C/C=C\C/C=C\CC. The third-order valence-corrected chi connectivity index (χ3v) is 9.51. The molecule has 1 N–H and O–H groups in total. The summed E-state index contributed by atoms with van der Waals surface area (Å²) in [6.07, 6.45) is 83.0. The zero-order chi connectivity index (χ0) is 46.3. The molecule has 64 heavy (non-hydrogen) atoms. The van der Waals surface area contributed by atoms with Gasteiger partial charge in [-0.25, -0.2) is 0 Å². The van der Waals surface area contributed by atoms with Gasteiger partial charge < -0.3 is 14.6 Å². The first kappa shape index (κ1) is 59.3. The Morgan fingerprint density at radius 2 is 0.641 bits per heavy atom. The molecule has 5 nitrogen and oxygen atoms in total. The van der Waals surface area contributed by atoms with Gasteiger partial charge in [-0.05, 0) is 122 Å².